The van der Waals surface area contributed by atoms with Gasteiger partial charge in [-0.25, -0.2) is 4.79 Å². The molecule has 2 amide bonds. The van der Waals surface area contributed by atoms with Crippen LogP contribution in [0.3, 0.4) is 0 Å². The number of amides is 2. The molecule has 0 bridgehead atoms. The van der Waals surface area contributed by atoms with Crippen LogP contribution in [-0.2, 0) is 16.1 Å². The first-order valence-corrected chi connectivity index (χ1v) is 9.80. The molecule has 0 spiro atoms. The van der Waals surface area contributed by atoms with E-state index in [9.17, 15) is 9.59 Å². The van der Waals surface area contributed by atoms with Crippen LogP contribution in [0.15, 0.2) is 30.3 Å². The summed E-state index contributed by atoms with van der Waals surface area (Å²) < 4.78 is 5.48. The highest BCUT2D eigenvalue weighted by molar-refractivity contribution is 5.90. The monoisotopic (exact) mass is 358 g/mol. The zero-order chi connectivity index (χ0) is 18.6. The molecule has 5 heteroatoms. The average molecular weight is 358 g/mol. The van der Waals surface area contributed by atoms with Crippen LogP contribution >= 0.6 is 0 Å². The van der Waals surface area contributed by atoms with Crippen LogP contribution in [0, 0.1) is 5.92 Å². The van der Waals surface area contributed by atoms with Crippen LogP contribution in [0.5, 0.6) is 0 Å². The Hall–Kier alpha value is -2.04. The van der Waals surface area contributed by atoms with E-state index in [0.29, 0.717) is 18.9 Å². The van der Waals surface area contributed by atoms with Crippen molar-refractivity contribution in [3.05, 3.63) is 35.9 Å². The molecule has 3 unspecified atom stereocenters. The molecular formula is C21H30N2O3. The number of likely N-dealkylation sites (tertiary alicyclic amines) is 1. The summed E-state index contributed by atoms with van der Waals surface area (Å²) in [5.41, 5.74) is 0.132. The molecule has 142 valence electrons. The van der Waals surface area contributed by atoms with Crippen LogP contribution in [0.1, 0.15) is 57.9 Å². The number of ether oxygens (including phenoxy) is 1. The zero-order valence-corrected chi connectivity index (χ0v) is 15.9. The van der Waals surface area contributed by atoms with Gasteiger partial charge >= 0.3 is 6.09 Å². The van der Waals surface area contributed by atoms with Crippen LogP contribution < -0.4 is 5.32 Å². The van der Waals surface area contributed by atoms with Gasteiger partial charge in [-0.05, 0) is 44.1 Å². The van der Waals surface area contributed by atoms with Gasteiger partial charge in [0.2, 0.25) is 5.91 Å². The fraction of sp³-hybridized carbons (Fsp3) is 0.619. The maximum Gasteiger partial charge on any atom is 0.410 e. The summed E-state index contributed by atoms with van der Waals surface area (Å²) in [7, 11) is 0. The molecule has 1 saturated carbocycles. The Morgan fingerprint density at radius 1 is 1.19 bits per heavy atom. The third-order valence-electron chi connectivity index (χ3n) is 5.98. The van der Waals surface area contributed by atoms with E-state index in [2.05, 4.69) is 12.2 Å². The smallest absolute Gasteiger partial charge is 0.410 e. The number of rotatable bonds is 4. The average Bonchev–Trinajstić information content (AvgIpc) is 3.05. The Kier molecular flexibility index (Phi) is 5.84. The Bertz CT molecular complexity index is 633. The molecule has 1 aromatic carbocycles. The van der Waals surface area contributed by atoms with Gasteiger partial charge in [0.1, 0.15) is 12.1 Å². The van der Waals surface area contributed by atoms with E-state index in [-0.39, 0.29) is 18.6 Å². The van der Waals surface area contributed by atoms with Crippen molar-refractivity contribution in [2.75, 3.05) is 6.54 Å². The van der Waals surface area contributed by atoms with Gasteiger partial charge in [0.05, 0.1) is 0 Å². The molecule has 3 atom stereocenters. The van der Waals surface area contributed by atoms with Gasteiger partial charge in [0.25, 0.3) is 0 Å². The van der Waals surface area contributed by atoms with Crippen LogP contribution in [0.4, 0.5) is 4.79 Å². The first-order valence-electron chi connectivity index (χ1n) is 9.80. The zero-order valence-electron chi connectivity index (χ0n) is 15.9. The highest BCUT2D eigenvalue weighted by Gasteiger charge is 2.47. The van der Waals surface area contributed by atoms with Gasteiger partial charge in [0.15, 0.2) is 0 Å². The summed E-state index contributed by atoms with van der Waals surface area (Å²) in [5.74, 6) is 0.460. The van der Waals surface area contributed by atoms with Crippen LogP contribution in [0.2, 0.25) is 0 Å². The predicted octanol–water partition coefficient (Wildman–Crippen LogP) is 3.87. The molecule has 1 saturated heterocycles. The highest BCUT2D eigenvalue weighted by Crippen LogP contribution is 2.31. The van der Waals surface area contributed by atoms with Crippen molar-refractivity contribution in [2.24, 2.45) is 5.92 Å². The molecule has 0 aromatic heterocycles. The molecule has 0 radical (unpaired) electrons. The van der Waals surface area contributed by atoms with Gasteiger partial charge < -0.3 is 10.1 Å². The van der Waals surface area contributed by atoms with E-state index < -0.39 is 11.6 Å². The predicted molar refractivity (Wildman–Crippen MR) is 101 cm³/mol. The normalized spacial score (nSPS) is 28.6. The second-order valence-corrected chi connectivity index (χ2v) is 7.91. The summed E-state index contributed by atoms with van der Waals surface area (Å²) in [5, 5.41) is 3.22. The number of benzene rings is 1. The molecule has 1 aromatic rings. The van der Waals surface area contributed by atoms with Crippen molar-refractivity contribution in [3.8, 4) is 0 Å². The van der Waals surface area contributed by atoms with Gasteiger partial charge in [0, 0.05) is 12.6 Å². The summed E-state index contributed by atoms with van der Waals surface area (Å²) in [4.78, 5) is 27.2. The fourth-order valence-electron chi connectivity index (χ4n) is 4.14. The number of nitrogens with zero attached hydrogens (tertiary/aromatic N) is 1. The second kappa shape index (κ2) is 8.11. The van der Waals surface area contributed by atoms with E-state index in [4.69, 9.17) is 4.74 Å². The highest BCUT2D eigenvalue weighted by atomic mass is 16.6. The van der Waals surface area contributed by atoms with E-state index in [1.54, 1.807) is 4.90 Å². The molecule has 1 aliphatic carbocycles. The van der Waals surface area contributed by atoms with Crippen molar-refractivity contribution in [1.29, 1.82) is 0 Å². The summed E-state index contributed by atoms with van der Waals surface area (Å²) in [6.45, 7) is 4.87. The number of hydrogen-bond acceptors (Lipinski definition) is 3. The minimum Gasteiger partial charge on any atom is -0.445 e. The molecule has 2 aliphatic rings. The van der Waals surface area contributed by atoms with Crippen LogP contribution in [-0.4, -0.2) is 35.0 Å². The van der Waals surface area contributed by atoms with E-state index in [1.807, 2.05) is 37.3 Å². The largest absolute Gasteiger partial charge is 0.445 e. The first-order chi connectivity index (χ1) is 12.5. The van der Waals surface area contributed by atoms with Crippen molar-refractivity contribution in [1.82, 2.24) is 10.2 Å². The molecule has 1 heterocycles. The Morgan fingerprint density at radius 2 is 1.92 bits per heavy atom. The van der Waals surface area contributed by atoms with Gasteiger partial charge in [-0.1, -0.05) is 50.1 Å². The minimum atomic E-state index is -0.815. The quantitative estimate of drug-likeness (QED) is 0.889. The second-order valence-electron chi connectivity index (χ2n) is 7.91. The lowest BCUT2D eigenvalue weighted by molar-refractivity contribution is -0.131. The van der Waals surface area contributed by atoms with E-state index in [1.165, 1.54) is 6.42 Å². The number of hydrogen-bond donors (Lipinski definition) is 1. The van der Waals surface area contributed by atoms with Crippen molar-refractivity contribution >= 4 is 12.0 Å². The minimum absolute atomic E-state index is 0.0367. The molecule has 5 nitrogen and oxygen atoms in total. The number of carbonyl (C=O) groups excluding carboxylic acids is 2. The maximum absolute atomic E-state index is 13.0. The Morgan fingerprint density at radius 3 is 2.65 bits per heavy atom. The van der Waals surface area contributed by atoms with Crippen LogP contribution in [0.25, 0.3) is 0 Å². The fourth-order valence-corrected chi connectivity index (χ4v) is 4.14. The standard InChI is InChI=1S/C21H30N2O3/c1-16-9-6-7-12-18(16)22-19(24)21(2)13-8-14-23(21)20(25)26-15-17-10-4-3-5-11-17/h3-5,10-11,16,18H,6-9,12-15H2,1-2H3,(H,22,24). The third kappa shape index (κ3) is 4.02. The van der Waals surface area contributed by atoms with Gasteiger partial charge in [-0.2, -0.15) is 0 Å². The maximum atomic E-state index is 13.0. The lowest BCUT2D eigenvalue weighted by Crippen LogP contribution is -2.58. The summed E-state index contributed by atoms with van der Waals surface area (Å²) in [6, 6.07) is 9.83. The lowest BCUT2D eigenvalue weighted by Gasteiger charge is -2.37. The van der Waals surface area contributed by atoms with Crippen molar-refractivity contribution < 1.29 is 14.3 Å². The Balaban J connectivity index is 1.61. The Labute approximate surface area is 156 Å². The number of carbonyl (C=O) groups is 2. The first kappa shape index (κ1) is 18.7. The van der Waals surface area contributed by atoms with Crippen molar-refractivity contribution in [2.45, 2.75) is 70.6 Å². The number of nitrogens with one attached hydrogen (secondary N) is 1. The molecule has 3 rings (SSSR count). The SMILES string of the molecule is CC1CCCCC1NC(=O)C1(C)CCCN1C(=O)OCc1ccccc1. The lowest BCUT2D eigenvalue weighted by atomic mass is 9.85. The third-order valence-corrected chi connectivity index (χ3v) is 5.98. The topological polar surface area (TPSA) is 58.6 Å². The molecule has 1 N–H and O–H groups in total. The summed E-state index contributed by atoms with van der Waals surface area (Å²) in [6.07, 6.45) is 5.69. The molecular weight excluding hydrogens is 328 g/mol. The van der Waals surface area contributed by atoms with Gasteiger partial charge in [-0.3, -0.25) is 9.69 Å². The molecule has 2 fully saturated rings. The van der Waals surface area contributed by atoms with Crippen molar-refractivity contribution in [3.63, 3.8) is 0 Å². The summed E-state index contributed by atoms with van der Waals surface area (Å²) >= 11 is 0. The van der Waals surface area contributed by atoms with E-state index >= 15 is 0 Å². The molecule has 26 heavy (non-hydrogen) atoms. The van der Waals surface area contributed by atoms with Gasteiger partial charge in [-0.15, -0.1) is 0 Å². The molecule has 1 aliphatic heterocycles. The van der Waals surface area contributed by atoms with E-state index in [0.717, 1.165) is 31.2 Å².